The highest BCUT2D eigenvalue weighted by atomic mass is 16.5. The Bertz CT molecular complexity index is 1380. The number of carbonyl (C=O) groups excluding carboxylic acids is 1. The molecular weight excluding hydrogens is 538 g/mol. The van der Waals surface area contributed by atoms with Crippen LogP contribution < -0.4 is 19.8 Å². The Morgan fingerprint density at radius 1 is 1.02 bits per heavy atom. The average Bonchev–Trinajstić information content (AvgIpc) is 2.94. The summed E-state index contributed by atoms with van der Waals surface area (Å²) in [6.07, 6.45) is 0.489. The van der Waals surface area contributed by atoms with Crippen molar-refractivity contribution in [3.05, 3.63) is 58.1 Å². The molecule has 0 amide bonds. The number of H-pyrrole nitrogens is 1. The molecule has 4 N–H and O–H groups in total. The number of carboxylic acid groups (broad SMARTS) is 2. The molecule has 1 unspecified atom stereocenters. The third kappa shape index (κ3) is 10.5. The van der Waals surface area contributed by atoms with E-state index in [1.807, 2.05) is 36.1 Å². The fourth-order valence-electron chi connectivity index (χ4n) is 3.72. The van der Waals surface area contributed by atoms with E-state index in [0.29, 0.717) is 66.5 Å². The number of benzene rings is 2. The van der Waals surface area contributed by atoms with Gasteiger partial charge in [0.1, 0.15) is 30.1 Å². The summed E-state index contributed by atoms with van der Waals surface area (Å²) in [7, 11) is 3.04. The van der Waals surface area contributed by atoms with E-state index in [0.717, 1.165) is 5.56 Å². The van der Waals surface area contributed by atoms with Gasteiger partial charge in [-0.25, -0.2) is 14.6 Å². The molecule has 0 spiro atoms. The van der Waals surface area contributed by atoms with Crippen LogP contribution in [0.4, 0.5) is 0 Å². The van der Waals surface area contributed by atoms with Gasteiger partial charge >= 0.3 is 11.9 Å². The molecular formula is C28H35N3O10. The Balaban J connectivity index is 0.000000883. The summed E-state index contributed by atoms with van der Waals surface area (Å²) in [5, 5.41) is 25.7. The SMILES string of the molecule is CCN(Cc1nc2cc(OC)c(OC)cc2c(=O)[nH]1)CC(O)COc1ccc(CCC(C)=O)cc1.O=C(O)C(=O)O. The number of aliphatic hydroxyl groups is 1. The van der Waals surface area contributed by atoms with Gasteiger partial charge in [-0.15, -0.1) is 0 Å². The number of likely N-dealkylation sites (N-methyl/N-ethyl adjacent to an activating group) is 1. The number of aliphatic carboxylic acids is 2. The van der Waals surface area contributed by atoms with Crippen LogP contribution in [0.15, 0.2) is 41.2 Å². The maximum absolute atomic E-state index is 12.6. The van der Waals surface area contributed by atoms with Crippen molar-refractivity contribution in [2.75, 3.05) is 33.9 Å². The van der Waals surface area contributed by atoms with Gasteiger partial charge in [0.05, 0.1) is 31.7 Å². The second-order valence-electron chi connectivity index (χ2n) is 8.99. The summed E-state index contributed by atoms with van der Waals surface area (Å²) in [5.74, 6) is -1.38. The van der Waals surface area contributed by atoms with Gasteiger partial charge in [0, 0.05) is 19.0 Å². The van der Waals surface area contributed by atoms with Crippen molar-refractivity contribution in [2.45, 2.75) is 39.3 Å². The van der Waals surface area contributed by atoms with Gasteiger partial charge < -0.3 is 39.3 Å². The summed E-state index contributed by atoms with van der Waals surface area (Å²) < 4.78 is 16.3. The first-order valence-electron chi connectivity index (χ1n) is 12.7. The summed E-state index contributed by atoms with van der Waals surface area (Å²) in [6.45, 7) is 5.04. The van der Waals surface area contributed by atoms with E-state index >= 15 is 0 Å². The number of hydrogen-bond donors (Lipinski definition) is 4. The van der Waals surface area contributed by atoms with Gasteiger partial charge in [-0.05, 0) is 43.7 Å². The second kappa shape index (κ2) is 15.9. The third-order valence-electron chi connectivity index (χ3n) is 5.86. The highest BCUT2D eigenvalue weighted by Gasteiger charge is 2.15. The summed E-state index contributed by atoms with van der Waals surface area (Å²) >= 11 is 0. The number of ether oxygens (including phenoxy) is 3. The minimum absolute atomic E-state index is 0.127. The van der Waals surface area contributed by atoms with Crippen LogP contribution in [0.3, 0.4) is 0 Å². The van der Waals surface area contributed by atoms with Crippen LogP contribution in [0.5, 0.6) is 17.2 Å². The second-order valence-corrected chi connectivity index (χ2v) is 8.99. The number of aryl methyl sites for hydroxylation is 1. The van der Waals surface area contributed by atoms with Gasteiger partial charge in [0.2, 0.25) is 0 Å². The highest BCUT2D eigenvalue weighted by molar-refractivity contribution is 6.27. The minimum Gasteiger partial charge on any atom is -0.493 e. The average molecular weight is 574 g/mol. The van der Waals surface area contributed by atoms with Crippen molar-refractivity contribution in [1.29, 1.82) is 0 Å². The minimum atomic E-state index is -1.82. The molecule has 3 aromatic rings. The first kappa shape index (κ1) is 32.7. The van der Waals surface area contributed by atoms with Gasteiger partial charge in [0.15, 0.2) is 11.5 Å². The van der Waals surface area contributed by atoms with Crippen molar-refractivity contribution in [2.24, 2.45) is 0 Å². The monoisotopic (exact) mass is 573 g/mol. The summed E-state index contributed by atoms with van der Waals surface area (Å²) in [6, 6.07) is 10.8. The van der Waals surface area contributed by atoms with E-state index in [-0.39, 0.29) is 17.9 Å². The Hall–Kier alpha value is -4.49. The Morgan fingerprint density at radius 3 is 2.17 bits per heavy atom. The molecule has 13 heteroatoms. The number of ketones is 1. The fourth-order valence-corrected chi connectivity index (χ4v) is 3.72. The molecule has 3 rings (SSSR count). The predicted octanol–water partition coefficient (Wildman–Crippen LogP) is 1.88. The van der Waals surface area contributed by atoms with Crippen LogP contribution in [0.1, 0.15) is 31.7 Å². The van der Waals surface area contributed by atoms with E-state index < -0.39 is 18.0 Å². The number of rotatable bonds is 13. The zero-order valence-corrected chi connectivity index (χ0v) is 23.4. The predicted molar refractivity (Wildman–Crippen MR) is 149 cm³/mol. The number of Topliss-reactive ketones (excluding diaryl/α,β-unsaturated/α-hetero) is 1. The zero-order valence-electron chi connectivity index (χ0n) is 23.4. The number of fused-ring (bicyclic) bond motifs is 1. The molecule has 1 heterocycles. The first-order chi connectivity index (χ1) is 19.5. The molecule has 13 nitrogen and oxygen atoms in total. The number of aromatic amines is 1. The molecule has 0 saturated heterocycles. The molecule has 0 saturated carbocycles. The molecule has 1 atom stereocenters. The van der Waals surface area contributed by atoms with E-state index in [1.165, 1.54) is 14.2 Å². The molecule has 222 valence electrons. The zero-order chi connectivity index (χ0) is 30.5. The molecule has 0 aliphatic carbocycles. The lowest BCUT2D eigenvalue weighted by atomic mass is 10.1. The highest BCUT2D eigenvalue weighted by Crippen LogP contribution is 2.30. The number of carbonyl (C=O) groups is 3. The number of carboxylic acids is 2. The molecule has 0 bridgehead atoms. The molecule has 0 radical (unpaired) electrons. The van der Waals surface area contributed by atoms with Crippen molar-refractivity contribution in [1.82, 2.24) is 14.9 Å². The molecule has 2 aromatic carbocycles. The van der Waals surface area contributed by atoms with Gasteiger partial charge in [-0.1, -0.05) is 19.1 Å². The number of methoxy groups -OCH3 is 2. The largest absolute Gasteiger partial charge is 0.493 e. The van der Waals surface area contributed by atoms with Gasteiger partial charge in [-0.3, -0.25) is 9.69 Å². The van der Waals surface area contributed by atoms with Crippen LogP contribution in [0, 0.1) is 0 Å². The normalized spacial score (nSPS) is 11.4. The van der Waals surface area contributed by atoms with Crippen LogP contribution >= 0.6 is 0 Å². The topological polar surface area (TPSA) is 189 Å². The molecule has 0 aliphatic heterocycles. The Labute approximate surface area is 236 Å². The standard InChI is InChI=1S/C26H33N3O6.C2H2O4/c1-5-29(14-19(31)16-35-20-10-8-18(9-11-20)7-6-17(2)30)15-25-27-22-13-24(34-4)23(33-3)12-21(22)26(32)28-25;3-1(4)2(5)6/h8-13,19,31H,5-7,14-16H2,1-4H3,(H,27,28,32);(H,3,4)(H,5,6). The maximum atomic E-state index is 12.6. The van der Waals surface area contributed by atoms with Crippen molar-refractivity contribution in [3.8, 4) is 17.2 Å². The third-order valence-corrected chi connectivity index (χ3v) is 5.86. The van der Waals surface area contributed by atoms with Gasteiger partial charge in [0.25, 0.3) is 5.56 Å². The summed E-state index contributed by atoms with van der Waals surface area (Å²) in [4.78, 5) is 51.3. The number of hydrogen-bond acceptors (Lipinski definition) is 10. The quantitative estimate of drug-likeness (QED) is 0.218. The molecule has 0 fully saturated rings. The van der Waals surface area contributed by atoms with Crippen molar-refractivity contribution >= 4 is 28.6 Å². The smallest absolute Gasteiger partial charge is 0.414 e. The van der Waals surface area contributed by atoms with Crippen LogP contribution in [-0.2, 0) is 27.3 Å². The van der Waals surface area contributed by atoms with Crippen LogP contribution in [0.25, 0.3) is 10.9 Å². The van der Waals surface area contributed by atoms with Gasteiger partial charge in [-0.2, -0.15) is 0 Å². The van der Waals surface area contributed by atoms with Crippen molar-refractivity contribution in [3.63, 3.8) is 0 Å². The first-order valence-corrected chi connectivity index (χ1v) is 12.7. The maximum Gasteiger partial charge on any atom is 0.414 e. The summed E-state index contributed by atoms with van der Waals surface area (Å²) in [5.41, 5.74) is 1.31. The molecule has 0 aliphatic rings. The lowest BCUT2D eigenvalue weighted by Gasteiger charge is -2.23. The number of nitrogens with one attached hydrogen (secondary N) is 1. The Morgan fingerprint density at radius 2 is 1.63 bits per heavy atom. The van der Waals surface area contributed by atoms with E-state index in [1.54, 1.807) is 19.1 Å². The van der Waals surface area contributed by atoms with Crippen LogP contribution in [0.2, 0.25) is 0 Å². The van der Waals surface area contributed by atoms with E-state index in [4.69, 9.17) is 34.0 Å². The number of aliphatic hydroxyl groups excluding tert-OH is 1. The molecule has 41 heavy (non-hydrogen) atoms. The van der Waals surface area contributed by atoms with E-state index in [2.05, 4.69) is 9.97 Å². The fraction of sp³-hybridized carbons (Fsp3) is 0.393. The molecule has 1 aromatic heterocycles. The van der Waals surface area contributed by atoms with Crippen molar-refractivity contribution < 1.29 is 43.9 Å². The lowest BCUT2D eigenvalue weighted by Crippen LogP contribution is -2.36. The van der Waals surface area contributed by atoms with E-state index in [9.17, 15) is 14.7 Å². The number of aromatic nitrogens is 2. The number of nitrogens with zero attached hydrogens (tertiary/aromatic N) is 2. The van der Waals surface area contributed by atoms with Crippen LogP contribution in [-0.4, -0.2) is 87.9 Å². The Kier molecular flexibility index (Phi) is 12.7. The lowest BCUT2D eigenvalue weighted by molar-refractivity contribution is -0.159.